The van der Waals surface area contributed by atoms with Crippen LogP contribution in [0, 0.1) is 0 Å². The molecule has 2 aromatic heterocycles. The molecule has 0 radical (unpaired) electrons. The van der Waals surface area contributed by atoms with Crippen LogP contribution in [0.1, 0.15) is 18.9 Å². The molecule has 0 unspecified atom stereocenters. The Labute approximate surface area is 115 Å². The molecular formula is C13H15BrN4. The molecule has 94 valence electrons. The topological polar surface area (TPSA) is 42.7 Å². The van der Waals surface area contributed by atoms with E-state index >= 15 is 0 Å². The van der Waals surface area contributed by atoms with E-state index in [9.17, 15) is 0 Å². The van der Waals surface area contributed by atoms with E-state index in [0.29, 0.717) is 6.04 Å². The van der Waals surface area contributed by atoms with Crippen molar-refractivity contribution in [1.82, 2.24) is 20.1 Å². The standard InChI is InChI=1S/C13H15BrN4/c14-12-9-18(11-3-7-16-8-4-11)17-13(12)10-1-5-15-6-2-10/h1-2,5-6,9,11,16H,3-4,7-8H2. The smallest absolute Gasteiger partial charge is 0.107 e. The van der Waals surface area contributed by atoms with Crippen LogP contribution >= 0.6 is 15.9 Å². The Bertz CT molecular complexity index is 517. The van der Waals surface area contributed by atoms with Gasteiger partial charge in [0.25, 0.3) is 0 Å². The molecule has 4 nitrogen and oxygen atoms in total. The largest absolute Gasteiger partial charge is 0.317 e. The minimum atomic E-state index is 0.512. The molecule has 1 fully saturated rings. The summed E-state index contributed by atoms with van der Waals surface area (Å²) in [6.07, 6.45) is 7.97. The average molecular weight is 307 g/mol. The van der Waals surface area contributed by atoms with Crippen molar-refractivity contribution in [3.05, 3.63) is 35.2 Å². The van der Waals surface area contributed by atoms with Gasteiger partial charge in [-0.2, -0.15) is 5.10 Å². The molecule has 5 heteroatoms. The van der Waals surface area contributed by atoms with Crippen LogP contribution in [-0.2, 0) is 0 Å². The van der Waals surface area contributed by atoms with Crippen LogP contribution in [0.2, 0.25) is 0 Å². The minimum Gasteiger partial charge on any atom is -0.317 e. The van der Waals surface area contributed by atoms with Gasteiger partial charge in [-0.1, -0.05) is 0 Å². The van der Waals surface area contributed by atoms with E-state index in [1.165, 1.54) is 0 Å². The van der Waals surface area contributed by atoms with Crippen molar-refractivity contribution in [2.75, 3.05) is 13.1 Å². The zero-order valence-electron chi connectivity index (χ0n) is 10.0. The van der Waals surface area contributed by atoms with Gasteiger partial charge in [0, 0.05) is 24.2 Å². The maximum Gasteiger partial charge on any atom is 0.107 e. The van der Waals surface area contributed by atoms with Gasteiger partial charge in [0.1, 0.15) is 5.69 Å². The van der Waals surface area contributed by atoms with Crippen LogP contribution in [0.5, 0.6) is 0 Å². The number of nitrogens with one attached hydrogen (secondary N) is 1. The van der Waals surface area contributed by atoms with Crippen LogP contribution < -0.4 is 5.32 Å². The molecule has 1 N–H and O–H groups in total. The molecule has 0 aliphatic carbocycles. The molecule has 0 aromatic carbocycles. The van der Waals surface area contributed by atoms with Gasteiger partial charge in [-0.05, 0) is 54.0 Å². The monoisotopic (exact) mass is 306 g/mol. The maximum atomic E-state index is 4.72. The number of pyridine rings is 1. The Balaban J connectivity index is 1.91. The summed E-state index contributed by atoms with van der Waals surface area (Å²) in [7, 11) is 0. The second kappa shape index (κ2) is 5.20. The van der Waals surface area contributed by atoms with Crippen molar-refractivity contribution in [1.29, 1.82) is 0 Å². The van der Waals surface area contributed by atoms with Gasteiger partial charge in [0.05, 0.1) is 10.5 Å². The molecule has 0 saturated carbocycles. The highest BCUT2D eigenvalue weighted by Gasteiger charge is 2.18. The van der Waals surface area contributed by atoms with Crippen molar-refractivity contribution < 1.29 is 0 Å². The summed E-state index contributed by atoms with van der Waals surface area (Å²) in [5, 5.41) is 8.09. The van der Waals surface area contributed by atoms with Gasteiger partial charge in [-0.15, -0.1) is 0 Å². The normalized spacial score (nSPS) is 16.9. The zero-order chi connectivity index (χ0) is 12.4. The fraction of sp³-hybridized carbons (Fsp3) is 0.385. The number of aromatic nitrogens is 3. The van der Waals surface area contributed by atoms with E-state index in [1.54, 1.807) is 12.4 Å². The second-order valence-corrected chi connectivity index (χ2v) is 5.38. The molecule has 1 aliphatic rings. The highest BCUT2D eigenvalue weighted by atomic mass is 79.9. The van der Waals surface area contributed by atoms with Gasteiger partial charge >= 0.3 is 0 Å². The third-order valence-corrected chi connectivity index (χ3v) is 3.90. The molecule has 1 aliphatic heterocycles. The van der Waals surface area contributed by atoms with Gasteiger partial charge in [0.15, 0.2) is 0 Å². The Hall–Kier alpha value is -1.20. The fourth-order valence-corrected chi connectivity index (χ4v) is 2.85. The lowest BCUT2D eigenvalue weighted by Crippen LogP contribution is -2.29. The Kier molecular flexibility index (Phi) is 3.43. The van der Waals surface area contributed by atoms with Crippen LogP contribution in [0.25, 0.3) is 11.3 Å². The van der Waals surface area contributed by atoms with E-state index < -0.39 is 0 Å². The molecule has 3 rings (SSSR count). The van der Waals surface area contributed by atoms with Gasteiger partial charge in [-0.3, -0.25) is 9.67 Å². The molecule has 2 aromatic rings. The molecule has 0 bridgehead atoms. The third-order valence-electron chi connectivity index (χ3n) is 3.32. The summed E-state index contributed by atoms with van der Waals surface area (Å²) >= 11 is 3.60. The number of piperidine rings is 1. The summed E-state index contributed by atoms with van der Waals surface area (Å²) < 4.78 is 3.15. The molecule has 3 heterocycles. The first-order valence-electron chi connectivity index (χ1n) is 6.20. The quantitative estimate of drug-likeness (QED) is 0.927. The van der Waals surface area contributed by atoms with Crippen LogP contribution in [-0.4, -0.2) is 27.9 Å². The van der Waals surface area contributed by atoms with Crippen LogP contribution in [0.15, 0.2) is 35.2 Å². The van der Waals surface area contributed by atoms with E-state index in [2.05, 4.69) is 37.1 Å². The molecule has 18 heavy (non-hydrogen) atoms. The number of hydrogen-bond donors (Lipinski definition) is 1. The summed E-state index contributed by atoms with van der Waals surface area (Å²) in [6.45, 7) is 2.15. The summed E-state index contributed by atoms with van der Waals surface area (Å²) in [5.74, 6) is 0. The highest BCUT2D eigenvalue weighted by Crippen LogP contribution is 2.29. The first-order chi connectivity index (χ1) is 8.84. The molecule has 0 amide bonds. The van der Waals surface area contributed by atoms with Gasteiger partial charge in [0.2, 0.25) is 0 Å². The molecule has 1 saturated heterocycles. The molecule has 0 atom stereocenters. The van der Waals surface area contributed by atoms with E-state index in [4.69, 9.17) is 5.10 Å². The van der Waals surface area contributed by atoms with Crippen molar-refractivity contribution >= 4 is 15.9 Å². The summed E-state index contributed by atoms with van der Waals surface area (Å²) in [6, 6.07) is 4.48. The second-order valence-electron chi connectivity index (χ2n) is 4.52. The van der Waals surface area contributed by atoms with Gasteiger partial charge in [-0.25, -0.2) is 0 Å². The van der Waals surface area contributed by atoms with Crippen molar-refractivity contribution in [2.24, 2.45) is 0 Å². The zero-order valence-corrected chi connectivity index (χ0v) is 11.6. The lowest BCUT2D eigenvalue weighted by Gasteiger charge is -2.22. The lowest BCUT2D eigenvalue weighted by molar-refractivity contribution is 0.343. The Morgan fingerprint density at radius 1 is 1.22 bits per heavy atom. The van der Waals surface area contributed by atoms with E-state index in [-0.39, 0.29) is 0 Å². The molecule has 0 spiro atoms. The highest BCUT2D eigenvalue weighted by molar-refractivity contribution is 9.10. The van der Waals surface area contributed by atoms with E-state index in [1.807, 2.05) is 12.1 Å². The number of rotatable bonds is 2. The third kappa shape index (κ3) is 2.33. The van der Waals surface area contributed by atoms with Crippen molar-refractivity contribution in [3.63, 3.8) is 0 Å². The van der Waals surface area contributed by atoms with Gasteiger partial charge < -0.3 is 5.32 Å². The number of hydrogen-bond acceptors (Lipinski definition) is 3. The number of nitrogens with zero attached hydrogens (tertiary/aromatic N) is 3. The van der Waals surface area contributed by atoms with Crippen LogP contribution in [0.3, 0.4) is 0 Å². The summed E-state index contributed by atoms with van der Waals surface area (Å²) in [4.78, 5) is 4.04. The lowest BCUT2D eigenvalue weighted by atomic mass is 10.1. The average Bonchev–Trinajstić information content (AvgIpc) is 2.83. The SMILES string of the molecule is Brc1cn(C2CCNCC2)nc1-c1ccncc1. The fourth-order valence-electron chi connectivity index (χ4n) is 2.33. The van der Waals surface area contributed by atoms with Crippen LogP contribution in [0.4, 0.5) is 0 Å². The van der Waals surface area contributed by atoms with Crippen molar-refractivity contribution in [3.8, 4) is 11.3 Å². The maximum absolute atomic E-state index is 4.72. The Morgan fingerprint density at radius 2 is 1.94 bits per heavy atom. The minimum absolute atomic E-state index is 0.512. The first-order valence-corrected chi connectivity index (χ1v) is 6.99. The predicted octanol–water partition coefficient (Wildman–Crippen LogP) is 2.63. The predicted molar refractivity (Wildman–Crippen MR) is 74.3 cm³/mol. The number of halogens is 1. The summed E-state index contributed by atoms with van der Waals surface area (Å²) in [5.41, 5.74) is 2.10. The first kappa shape index (κ1) is 11.9. The van der Waals surface area contributed by atoms with Crippen molar-refractivity contribution in [2.45, 2.75) is 18.9 Å². The van der Waals surface area contributed by atoms with E-state index in [0.717, 1.165) is 41.7 Å². The molecular weight excluding hydrogens is 292 g/mol. The Morgan fingerprint density at radius 3 is 2.67 bits per heavy atom.